The fourth-order valence-corrected chi connectivity index (χ4v) is 3.75. The van der Waals surface area contributed by atoms with E-state index in [2.05, 4.69) is 5.32 Å². The molecule has 0 spiro atoms. The van der Waals surface area contributed by atoms with Crippen LogP contribution in [-0.4, -0.2) is 55.7 Å². The Morgan fingerprint density at radius 1 is 1.36 bits per heavy atom. The molecule has 1 N–H and O–H groups in total. The predicted octanol–water partition coefficient (Wildman–Crippen LogP) is 2.17. The standard InChI is InChI=1S/C19H25N3O3/c1-13-10-15(2-5-17(13)21-8-7-20-19(21)24)18(23)22(16-3-4-16)11-14-6-9-25-12-14/h2,5,10,14,16H,3-4,6-9,11-12H2,1H3,(H,20,24)/t14-/m0/s1. The van der Waals surface area contributed by atoms with E-state index in [1.54, 1.807) is 4.90 Å². The van der Waals surface area contributed by atoms with Gasteiger partial charge >= 0.3 is 6.03 Å². The molecule has 3 aliphatic rings. The van der Waals surface area contributed by atoms with Crippen LogP contribution in [0, 0.1) is 12.8 Å². The van der Waals surface area contributed by atoms with Gasteiger partial charge < -0.3 is 15.0 Å². The van der Waals surface area contributed by atoms with Crippen molar-refractivity contribution in [1.82, 2.24) is 10.2 Å². The average Bonchev–Trinajstić information content (AvgIpc) is 3.14. The molecule has 1 atom stereocenters. The fraction of sp³-hybridized carbons (Fsp3) is 0.579. The van der Waals surface area contributed by atoms with Gasteiger partial charge in [-0.2, -0.15) is 0 Å². The van der Waals surface area contributed by atoms with E-state index >= 15 is 0 Å². The summed E-state index contributed by atoms with van der Waals surface area (Å²) < 4.78 is 5.46. The maximum Gasteiger partial charge on any atom is 0.322 e. The quantitative estimate of drug-likeness (QED) is 0.891. The van der Waals surface area contributed by atoms with Crippen LogP contribution in [0.15, 0.2) is 18.2 Å². The van der Waals surface area contributed by atoms with Crippen molar-refractivity contribution in [3.63, 3.8) is 0 Å². The molecule has 2 heterocycles. The van der Waals surface area contributed by atoms with Gasteiger partial charge in [0, 0.05) is 49.5 Å². The number of carbonyl (C=O) groups excluding carboxylic acids is 2. The minimum Gasteiger partial charge on any atom is -0.381 e. The monoisotopic (exact) mass is 343 g/mol. The Kier molecular flexibility index (Phi) is 4.37. The smallest absolute Gasteiger partial charge is 0.322 e. The molecule has 3 amide bonds. The van der Waals surface area contributed by atoms with E-state index in [9.17, 15) is 9.59 Å². The zero-order valence-corrected chi connectivity index (χ0v) is 14.7. The van der Waals surface area contributed by atoms with Gasteiger partial charge in [0.05, 0.1) is 6.61 Å². The van der Waals surface area contributed by atoms with Crippen molar-refractivity contribution in [3.05, 3.63) is 29.3 Å². The van der Waals surface area contributed by atoms with Gasteiger partial charge in [0.15, 0.2) is 0 Å². The van der Waals surface area contributed by atoms with Crippen LogP contribution < -0.4 is 10.2 Å². The van der Waals surface area contributed by atoms with Crippen molar-refractivity contribution in [2.45, 2.75) is 32.2 Å². The van der Waals surface area contributed by atoms with Crippen molar-refractivity contribution in [3.8, 4) is 0 Å². The third kappa shape index (κ3) is 3.35. The summed E-state index contributed by atoms with van der Waals surface area (Å²) in [5.41, 5.74) is 2.56. The molecule has 0 bridgehead atoms. The zero-order chi connectivity index (χ0) is 17.4. The molecule has 1 aliphatic carbocycles. The number of benzene rings is 1. The van der Waals surface area contributed by atoms with Crippen molar-refractivity contribution < 1.29 is 14.3 Å². The molecule has 0 aromatic heterocycles. The molecule has 6 nitrogen and oxygen atoms in total. The van der Waals surface area contributed by atoms with Gasteiger partial charge in [0.2, 0.25) is 0 Å². The molecular weight excluding hydrogens is 318 g/mol. The van der Waals surface area contributed by atoms with Gasteiger partial charge in [0.25, 0.3) is 5.91 Å². The normalized spacial score (nSPS) is 23.0. The molecule has 0 unspecified atom stereocenters. The van der Waals surface area contributed by atoms with Crippen LogP contribution in [0.25, 0.3) is 0 Å². The Morgan fingerprint density at radius 3 is 2.80 bits per heavy atom. The maximum absolute atomic E-state index is 13.1. The lowest BCUT2D eigenvalue weighted by molar-refractivity contribution is 0.0706. The molecule has 134 valence electrons. The molecule has 1 aromatic carbocycles. The topological polar surface area (TPSA) is 61.9 Å². The number of ether oxygens (including phenoxy) is 1. The summed E-state index contributed by atoms with van der Waals surface area (Å²) in [6, 6.07) is 6.00. The maximum atomic E-state index is 13.1. The lowest BCUT2D eigenvalue weighted by Gasteiger charge is -2.26. The van der Waals surface area contributed by atoms with Gasteiger partial charge in [0.1, 0.15) is 0 Å². The van der Waals surface area contributed by atoms with E-state index in [1.807, 2.05) is 30.0 Å². The Balaban J connectivity index is 1.52. The SMILES string of the molecule is Cc1cc(C(=O)N(C[C@@H]2CCOC2)C2CC2)ccc1N1CCNC1=O. The first-order chi connectivity index (χ1) is 12.1. The highest BCUT2D eigenvalue weighted by atomic mass is 16.5. The third-order valence-corrected chi connectivity index (χ3v) is 5.32. The van der Waals surface area contributed by atoms with Gasteiger partial charge in [-0.05, 0) is 49.9 Å². The van der Waals surface area contributed by atoms with Crippen LogP contribution in [0.1, 0.15) is 35.2 Å². The van der Waals surface area contributed by atoms with E-state index in [0.29, 0.717) is 30.6 Å². The Labute approximate surface area is 148 Å². The van der Waals surface area contributed by atoms with Gasteiger partial charge in [-0.1, -0.05) is 0 Å². The summed E-state index contributed by atoms with van der Waals surface area (Å²) >= 11 is 0. The van der Waals surface area contributed by atoms with Crippen LogP contribution >= 0.6 is 0 Å². The summed E-state index contributed by atoms with van der Waals surface area (Å²) in [7, 11) is 0. The number of rotatable bonds is 5. The third-order valence-electron chi connectivity index (χ3n) is 5.32. The number of nitrogens with one attached hydrogen (secondary N) is 1. The Hall–Kier alpha value is -2.08. The minimum absolute atomic E-state index is 0.0667. The Bertz CT molecular complexity index is 680. The fourth-order valence-electron chi connectivity index (χ4n) is 3.75. The molecule has 3 fully saturated rings. The van der Waals surface area contributed by atoms with Crippen molar-refractivity contribution in [1.29, 1.82) is 0 Å². The molecule has 25 heavy (non-hydrogen) atoms. The number of amides is 3. The zero-order valence-electron chi connectivity index (χ0n) is 14.7. The molecule has 2 aliphatic heterocycles. The largest absolute Gasteiger partial charge is 0.381 e. The number of hydrogen-bond acceptors (Lipinski definition) is 3. The highest BCUT2D eigenvalue weighted by Gasteiger charge is 2.35. The van der Waals surface area contributed by atoms with Crippen molar-refractivity contribution >= 4 is 17.6 Å². The van der Waals surface area contributed by atoms with Gasteiger partial charge in [-0.3, -0.25) is 9.69 Å². The highest BCUT2D eigenvalue weighted by Crippen LogP contribution is 2.31. The second-order valence-electron chi connectivity index (χ2n) is 7.30. The van der Waals surface area contributed by atoms with E-state index in [4.69, 9.17) is 4.74 Å². The van der Waals surface area contributed by atoms with Crippen LogP contribution in [0.3, 0.4) is 0 Å². The summed E-state index contributed by atoms with van der Waals surface area (Å²) in [4.78, 5) is 28.7. The van der Waals surface area contributed by atoms with Gasteiger partial charge in [-0.25, -0.2) is 4.79 Å². The summed E-state index contributed by atoms with van der Waals surface area (Å²) in [6.07, 6.45) is 3.24. The van der Waals surface area contributed by atoms with Crippen LogP contribution in [0.4, 0.5) is 10.5 Å². The van der Waals surface area contributed by atoms with Crippen LogP contribution in [-0.2, 0) is 4.74 Å². The van der Waals surface area contributed by atoms with E-state index < -0.39 is 0 Å². The minimum atomic E-state index is -0.0667. The second kappa shape index (κ2) is 6.67. The van der Waals surface area contributed by atoms with Crippen LogP contribution in [0.2, 0.25) is 0 Å². The van der Waals surface area contributed by atoms with Gasteiger partial charge in [-0.15, -0.1) is 0 Å². The number of hydrogen-bond donors (Lipinski definition) is 1. The number of anilines is 1. The highest BCUT2D eigenvalue weighted by molar-refractivity contribution is 5.98. The first kappa shape index (κ1) is 16.4. The second-order valence-corrected chi connectivity index (χ2v) is 7.30. The molecule has 4 rings (SSSR count). The van der Waals surface area contributed by atoms with Crippen LogP contribution in [0.5, 0.6) is 0 Å². The number of carbonyl (C=O) groups is 2. The van der Waals surface area contributed by atoms with Crippen molar-refractivity contribution in [2.75, 3.05) is 37.7 Å². The molecule has 1 saturated carbocycles. The lowest BCUT2D eigenvalue weighted by atomic mass is 10.1. The summed E-state index contributed by atoms with van der Waals surface area (Å²) in [5.74, 6) is 0.563. The summed E-state index contributed by atoms with van der Waals surface area (Å²) in [5, 5.41) is 2.81. The number of urea groups is 1. The van der Waals surface area contributed by atoms with E-state index in [-0.39, 0.29) is 11.9 Å². The molecule has 0 radical (unpaired) electrons. The molecular formula is C19H25N3O3. The molecule has 1 aromatic rings. The van der Waals surface area contributed by atoms with Crippen molar-refractivity contribution in [2.24, 2.45) is 5.92 Å². The number of nitrogens with zero attached hydrogens (tertiary/aromatic N) is 2. The molecule has 2 saturated heterocycles. The first-order valence-corrected chi connectivity index (χ1v) is 9.18. The van der Waals surface area contributed by atoms with E-state index in [0.717, 1.165) is 50.3 Å². The lowest BCUT2D eigenvalue weighted by Crippen LogP contribution is -2.37. The summed E-state index contributed by atoms with van der Waals surface area (Å²) in [6.45, 7) is 5.66. The molecule has 6 heteroatoms. The number of aryl methyl sites for hydroxylation is 1. The van der Waals surface area contributed by atoms with E-state index in [1.165, 1.54) is 0 Å². The Morgan fingerprint density at radius 2 is 2.20 bits per heavy atom. The average molecular weight is 343 g/mol. The predicted molar refractivity (Wildman–Crippen MR) is 94.9 cm³/mol. The first-order valence-electron chi connectivity index (χ1n) is 9.18.